The number of sulfone groups is 1. The number of nitrogens with zero attached hydrogens (tertiary/aromatic N) is 2. The van der Waals surface area contributed by atoms with Crippen molar-refractivity contribution in [2.75, 3.05) is 6.67 Å². The van der Waals surface area contributed by atoms with Crippen LogP contribution in [0.5, 0.6) is 0 Å². The molecular weight excluding hydrogens is 303 g/mol. The van der Waals surface area contributed by atoms with Gasteiger partial charge in [0.1, 0.15) is 6.67 Å². The van der Waals surface area contributed by atoms with E-state index in [9.17, 15) is 12.8 Å². The Bertz CT molecular complexity index is 766. The minimum Gasteiger partial charge on any atom is -0.270 e. The molecule has 22 heavy (non-hydrogen) atoms. The number of halogens is 1. The largest absolute Gasteiger partial charge is 0.270 e. The van der Waals surface area contributed by atoms with E-state index in [0.717, 1.165) is 22.3 Å². The Morgan fingerprint density at radius 2 is 1.91 bits per heavy atom. The Balaban J connectivity index is 2.17. The van der Waals surface area contributed by atoms with Crippen LogP contribution in [0.2, 0.25) is 0 Å². The number of hydrogen-bond donors (Lipinski definition) is 0. The van der Waals surface area contributed by atoms with Crippen LogP contribution in [0.3, 0.4) is 0 Å². The highest BCUT2D eigenvalue weighted by molar-refractivity contribution is 7.89. The van der Waals surface area contributed by atoms with E-state index in [4.69, 9.17) is 0 Å². The van der Waals surface area contributed by atoms with Crippen molar-refractivity contribution in [2.45, 2.75) is 38.8 Å². The van der Waals surface area contributed by atoms with Gasteiger partial charge in [-0.1, -0.05) is 17.7 Å². The standard InChI is InChI=1S/C16H21FN2O2S/c1-12-8-13(2)14(3)15(9-12)10-22(20,21)11-16-4-6-19(18-16)7-5-17/h4,6,8-9H,5,7,10-11H2,1-3H3. The highest BCUT2D eigenvalue weighted by Gasteiger charge is 2.17. The molecule has 0 aliphatic heterocycles. The topological polar surface area (TPSA) is 52.0 Å². The van der Waals surface area contributed by atoms with E-state index in [1.165, 1.54) is 4.68 Å². The molecule has 6 heteroatoms. The summed E-state index contributed by atoms with van der Waals surface area (Å²) in [5.41, 5.74) is 4.45. The Labute approximate surface area is 130 Å². The van der Waals surface area contributed by atoms with Gasteiger partial charge in [0.05, 0.1) is 23.7 Å². The molecule has 1 aromatic carbocycles. The second-order valence-corrected chi connectivity index (χ2v) is 7.72. The number of benzene rings is 1. The van der Waals surface area contributed by atoms with Gasteiger partial charge >= 0.3 is 0 Å². The third-order valence-electron chi connectivity index (χ3n) is 3.67. The second kappa shape index (κ2) is 6.60. The fourth-order valence-electron chi connectivity index (χ4n) is 2.48. The van der Waals surface area contributed by atoms with E-state index in [2.05, 4.69) is 5.10 Å². The summed E-state index contributed by atoms with van der Waals surface area (Å²) >= 11 is 0. The van der Waals surface area contributed by atoms with Gasteiger partial charge in [-0.25, -0.2) is 12.8 Å². The molecule has 0 radical (unpaired) electrons. The summed E-state index contributed by atoms with van der Waals surface area (Å²) < 4.78 is 38.5. The van der Waals surface area contributed by atoms with Gasteiger partial charge in [0.15, 0.2) is 9.84 Å². The molecule has 0 atom stereocenters. The van der Waals surface area contributed by atoms with Gasteiger partial charge in [-0.05, 0) is 43.5 Å². The molecule has 1 heterocycles. The molecule has 0 saturated carbocycles. The molecule has 0 spiro atoms. The molecule has 0 aliphatic rings. The van der Waals surface area contributed by atoms with Crippen molar-refractivity contribution in [3.63, 3.8) is 0 Å². The smallest absolute Gasteiger partial charge is 0.160 e. The molecule has 0 N–H and O–H groups in total. The van der Waals surface area contributed by atoms with E-state index >= 15 is 0 Å². The predicted octanol–water partition coefficient (Wildman–Crippen LogP) is 2.89. The average Bonchev–Trinajstić information content (AvgIpc) is 2.82. The van der Waals surface area contributed by atoms with Gasteiger partial charge in [0, 0.05) is 6.20 Å². The van der Waals surface area contributed by atoms with Gasteiger partial charge < -0.3 is 0 Å². The maximum atomic E-state index is 12.4. The monoisotopic (exact) mass is 324 g/mol. The van der Waals surface area contributed by atoms with Gasteiger partial charge in [0.2, 0.25) is 0 Å². The second-order valence-electron chi connectivity index (χ2n) is 5.66. The molecule has 0 aliphatic carbocycles. The van der Waals surface area contributed by atoms with E-state index in [1.807, 2.05) is 32.9 Å². The predicted molar refractivity (Wildman–Crippen MR) is 85.2 cm³/mol. The number of rotatable bonds is 6. The summed E-state index contributed by atoms with van der Waals surface area (Å²) in [5.74, 6) is -0.129. The van der Waals surface area contributed by atoms with Crippen molar-refractivity contribution in [1.29, 1.82) is 0 Å². The maximum absolute atomic E-state index is 12.4. The van der Waals surface area contributed by atoms with Gasteiger partial charge in [-0.15, -0.1) is 0 Å². The normalized spacial score (nSPS) is 11.8. The summed E-state index contributed by atoms with van der Waals surface area (Å²) in [7, 11) is -3.31. The fourth-order valence-corrected chi connectivity index (χ4v) is 3.96. The molecule has 1 aromatic heterocycles. The number of aryl methyl sites for hydroxylation is 3. The van der Waals surface area contributed by atoms with Crippen molar-refractivity contribution in [2.24, 2.45) is 0 Å². The van der Waals surface area contributed by atoms with Crippen molar-refractivity contribution in [1.82, 2.24) is 9.78 Å². The van der Waals surface area contributed by atoms with Crippen molar-refractivity contribution in [3.8, 4) is 0 Å². The van der Waals surface area contributed by atoms with Crippen LogP contribution >= 0.6 is 0 Å². The van der Waals surface area contributed by atoms with E-state index < -0.39 is 16.5 Å². The molecule has 2 rings (SSSR count). The van der Waals surface area contributed by atoms with Crippen molar-refractivity contribution >= 4 is 9.84 Å². The number of aromatic nitrogens is 2. The first kappa shape index (κ1) is 16.7. The van der Waals surface area contributed by atoms with Crippen LogP contribution < -0.4 is 0 Å². The quantitative estimate of drug-likeness (QED) is 0.821. The Hall–Kier alpha value is -1.69. The highest BCUT2D eigenvalue weighted by atomic mass is 32.2. The van der Waals surface area contributed by atoms with Crippen LogP contribution in [0.15, 0.2) is 24.4 Å². The molecule has 0 saturated heterocycles. The highest BCUT2D eigenvalue weighted by Crippen LogP contribution is 2.20. The summed E-state index contributed by atoms with van der Waals surface area (Å²) in [6.45, 7) is 5.51. The first-order valence-corrected chi connectivity index (χ1v) is 8.98. The summed E-state index contributed by atoms with van der Waals surface area (Å²) in [6.07, 6.45) is 1.60. The van der Waals surface area contributed by atoms with Gasteiger partial charge in [-0.2, -0.15) is 5.10 Å². The lowest BCUT2D eigenvalue weighted by Crippen LogP contribution is -2.10. The molecule has 0 fully saturated rings. The molecule has 0 unspecified atom stereocenters. The van der Waals surface area contributed by atoms with Crippen LogP contribution in [0.4, 0.5) is 4.39 Å². The van der Waals surface area contributed by atoms with Crippen molar-refractivity contribution < 1.29 is 12.8 Å². The number of alkyl halides is 1. The molecule has 120 valence electrons. The first-order chi connectivity index (χ1) is 10.3. The van der Waals surface area contributed by atoms with Crippen LogP contribution in [0.25, 0.3) is 0 Å². The third kappa shape index (κ3) is 4.16. The first-order valence-electron chi connectivity index (χ1n) is 7.16. The van der Waals surface area contributed by atoms with E-state index in [0.29, 0.717) is 5.69 Å². The van der Waals surface area contributed by atoms with Crippen LogP contribution in [-0.4, -0.2) is 24.9 Å². The van der Waals surface area contributed by atoms with Crippen LogP contribution in [0, 0.1) is 20.8 Å². The van der Waals surface area contributed by atoms with Gasteiger partial charge in [0.25, 0.3) is 0 Å². The third-order valence-corrected chi connectivity index (χ3v) is 5.16. The van der Waals surface area contributed by atoms with E-state index in [-0.39, 0.29) is 18.1 Å². The van der Waals surface area contributed by atoms with E-state index in [1.54, 1.807) is 12.3 Å². The Morgan fingerprint density at radius 1 is 1.18 bits per heavy atom. The lowest BCUT2D eigenvalue weighted by Gasteiger charge is -2.10. The maximum Gasteiger partial charge on any atom is 0.160 e. The summed E-state index contributed by atoms with van der Waals surface area (Å²) in [4.78, 5) is 0. The zero-order valence-corrected chi connectivity index (χ0v) is 14.0. The zero-order valence-electron chi connectivity index (χ0n) is 13.1. The summed E-state index contributed by atoms with van der Waals surface area (Å²) in [6, 6.07) is 5.59. The minimum absolute atomic E-state index is 0.00265. The Kier molecular flexibility index (Phi) is 5.01. The SMILES string of the molecule is Cc1cc(C)c(C)c(CS(=O)(=O)Cc2ccn(CCF)n2)c1. The van der Waals surface area contributed by atoms with Crippen molar-refractivity contribution in [3.05, 3.63) is 52.3 Å². The minimum atomic E-state index is -3.31. The lowest BCUT2D eigenvalue weighted by molar-refractivity contribution is 0.426. The molecular formula is C16H21FN2O2S. The lowest BCUT2D eigenvalue weighted by atomic mass is 10.0. The average molecular weight is 324 g/mol. The number of hydrogen-bond acceptors (Lipinski definition) is 3. The molecule has 0 amide bonds. The fraction of sp³-hybridized carbons (Fsp3) is 0.438. The van der Waals surface area contributed by atoms with Gasteiger partial charge in [-0.3, -0.25) is 4.68 Å². The summed E-state index contributed by atoms with van der Waals surface area (Å²) in [5, 5.41) is 4.08. The van der Waals surface area contributed by atoms with Crippen LogP contribution in [-0.2, 0) is 27.9 Å². The zero-order chi connectivity index (χ0) is 16.3. The molecule has 0 bridgehead atoms. The Morgan fingerprint density at radius 3 is 2.59 bits per heavy atom. The molecule has 4 nitrogen and oxygen atoms in total. The molecule has 2 aromatic rings. The van der Waals surface area contributed by atoms with Crippen LogP contribution in [0.1, 0.15) is 27.9 Å².